The van der Waals surface area contributed by atoms with E-state index in [2.05, 4.69) is 25.8 Å². The van der Waals surface area contributed by atoms with Crippen LogP contribution in [-0.2, 0) is 0 Å². The summed E-state index contributed by atoms with van der Waals surface area (Å²) in [6.07, 6.45) is 6.63. The molecule has 25 heavy (non-hydrogen) atoms. The summed E-state index contributed by atoms with van der Waals surface area (Å²) in [4.78, 5) is 18.3. The van der Waals surface area contributed by atoms with Gasteiger partial charge < -0.3 is 10.0 Å². The van der Waals surface area contributed by atoms with E-state index < -0.39 is 0 Å². The van der Waals surface area contributed by atoms with Crippen molar-refractivity contribution in [2.75, 3.05) is 31.1 Å². The minimum absolute atomic E-state index is 0.148. The average molecular weight is 339 g/mol. The Bertz CT molecular complexity index is 715. The van der Waals surface area contributed by atoms with E-state index in [1.807, 2.05) is 19.1 Å². The average Bonchev–Trinajstić information content (AvgIpc) is 3.08. The highest BCUT2D eigenvalue weighted by Crippen LogP contribution is 2.26. The van der Waals surface area contributed by atoms with Crippen LogP contribution in [0, 0.1) is 6.92 Å². The summed E-state index contributed by atoms with van der Waals surface area (Å²) in [6, 6.07) is 6.30. The maximum absolute atomic E-state index is 10.1. The van der Waals surface area contributed by atoms with Crippen LogP contribution in [0.15, 0.2) is 30.6 Å². The van der Waals surface area contributed by atoms with E-state index in [0.717, 1.165) is 68.3 Å². The van der Waals surface area contributed by atoms with Crippen LogP contribution in [0.1, 0.15) is 25.0 Å². The van der Waals surface area contributed by atoms with E-state index in [0.29, 0.717) is 6.04 Å². The van der Waals surface area contributed by atoms with Crippen molar-refractivity contribution in [3.05, 3.63) is 36.3 Å². The standard InChI is InChI=1S/C19H25N5O/c1-14-12-18(22-19(21-14)15-4-3-7-20-13-15)24-10-8-23(9-11-24)16-5-2-6-17(16)25/h3-4,7,12-13,16-17,25H,2,5-6,8-11H2,1H3. The first-order chi connectivity index (χ1) is 12.2. The lowest BCUT2D eigenvalue weighted by molar-refractivity contribution is 0.0671. The lowest BCUT2D eigenvalue weighted by atomic mass is 10.1. The van der Waals surface area contributed by atoms with E-state index in [4.69, 9.17) is 4.98 Å². The van der Waals surface area contributed by atoms with Gasteiger partial charge in [0.2, 0.25) is 0 Å². The van der Waals surface area contributed by atoms with Gasteiger partial charge >= 0.3 is 0 Å². The molecule has 1 saturated carbocycles. The van der Waals surface area contributed by atoms with Gasteiger partial charge in [0.1, 0.15) is 5.82 Å². The molecule has 2 atom stereocenters. The Morgan fingerprint density at radius 1 is 1.12 bits per heavy atom. The zero-order valence-corrected chi connectivity index (χ0v) is 14.7. The molecule has 0 radical (unpaired) electrons. The predicted molar refractivity (Wildman–Crippen MR) is 97.4 cm³/mol. The number of nitrogens with zero attached hydrogens (tertiary/aromatic N) is 5. The topological polar surface area (TPSA) is 65.4 Å². The van der Waals surface area contributed by atoms with Gasteiger partial charge in [-0.2, -0.15) is 0 Å². The van der Waals surface area contributed by atoms with Crippen LogP contribution in [0.5, 0.6) is 0 Å². The molecule has 0 amide bonds. The SMILES string of the molecule is Cc1cc(N2CCN(C3CCCC3O)CC2)nc(-c2cccnc2)n1. The number of hydrogen-bond acceptors (Lipinski definition) is 6. The summed E-state index contributed by atoms with van der Waals surface area (Å²) in [7, 11) is 0. The number of aliphatic hydroxyl groups is 1. The summed E-state index contributed by atoms with van der Waals surface area (Å²) < 4.78 is 0. The second kappa shape index (κ2) is 7.06. The molecule has 6 heteroatoms. The summed E-state index contributed by atoms with van der Waals surface area (Å²) >= 11 is 0. The van der Waals surface area contributed by atoms with Crippen molar-refractivity contribution >= 4 is 5.82 Å². The smallest absolute Gasteiger partial charge is 0.163 e. The van der Waals surface area contributed by atoms with Gasteiger partial charge in [-0.15, -0.1) is 0 Å². The van der Waals surface area contributed by atoms with Crippen LogP contribution in [-0.4, -0.2) is 63.3 Å². The first kappa shape index (κ1) is 16.4. The third-order valence-corrected chi connectivity index (χ3v) is 5.31. The van der Waals surface area contributed by atoms with Crippen molar-refractivity contribution in [2.45, 2.75) is 38.3 Å². The summed E-state index contributed by atoms with van der Waals surface area (Å²) in [5, 5.41) is 10.1. The van der Waals surface area contributed by atoms with Crippen molar-refractivity contribution in [1.82, 2.24) is 19.9 Å². The molecule has 3 heterocycles. The number of piperazine rings is 1. The van der Waals surface area contributed by atoms with Crippen molar-refractivity contribution in [2.24, 2.45) is 0 Å². The van der Waals surface area contributed by atoms with Crippen molar-refractivity contribution < 1.29 is 5.11 Å². The zero-order valence-electron chi connectivity index (χ0n) is 14.7. The molecule has 0 bridgehead atoms. The highest BCUT2D eigenvalue weighted by atomic mass is 16.3. The molecule has 4 rings (SSSR count). The second-order valence-electron chi connectivity index (χ2n) is 7.02. The molecular formula is C19H25N5O. The van der Waals surface area contributed by atoms with Crippen molar-refractivity contribution in [3.8, 4) is 11.4 Å². The second-order valence-corrected chi connectivity index (χ2v) is 7.02. The fourth-order valence-electron chi connectivity index (χ4n) is 3.97. The molecule has 2 fully saturated rings. The van der Waals surface area contributed by atoms with Crippen LogP contribution in [0.3, 0.4) is 0 Å². The number of aromatic nitrogens is 3. The van der Waals surface area contributed by atoms with Gasteiger partial charge in [-0.1, -0.05) is 0 Å². The molecule has 1 N–H and O–H groups in total. The van der Waals surface area contributed by atoms with E-state index in [-0.39, 0.29) is 6.10 Å². The molecule has 2 aromatic rings. The number of hydrogen-bond donors (Lipinski definition) is 1. The number of pyridine rings is 1. The van der Waals surface area contributed by atoms with E-state index in [1.165, 1.54) is 0 Å². The Morgan fingerprint density at radius 2 is 1.96 bits per heavy atom. The summed E-state index contributed by atoms with van der Waals surface area (Å²) in [5.74, 6) is 1.72. The predicted octanol–water partition coefficient (Wildman–Crippen LogP) is 1.88. The third kappa shape index (κ3) is 3.50. The van der Waals surface area contributed by atoms with Crippen LogP contribution < -0.4 is 4.90 Å². The highest BCUT2D eigenvalue weighted by Gasteiger charge is 2.32. The highest BCUT2D eigenvalue weighted by molar-refractivity contribution is 5.56. The fraction of sp³-hybridized carbons (Fsp3) is 0.526. The monoisotopic (exact) mass is 339 g/mol. The normalized spacial score (nSPS) is 24.6. The molecule has 1 aliphatic heterocycles. The van der Waals surface area contributed by atoms with E-state index in [1.54, 1.807) is 12.4 Å². The third-order valence-electron chi connectivity index (χ3n) is 5.31. The minimum Gasteiger partial charge on any atom is -0.391 e. The summed E-state index contributed by atoms with van der Waals surface area (Å²) in [6.45, 7) is 5.84. The first-order valence-electron chi connectivity index (χ1n) is 9.14. The number of aliphatic hydroxyl groups excluding tert-OH is 1. The lowest BCUT2D eigenvalue weighted by Crippen LogP contribution is -2.52. The molecule has 2 aromatic heterocycles. The molecule has 0 aromatic carbocycles. The van der Waals surface area contributed by atoms with Gasteiger partial charge in [-0.05, 0) is 38.3 Å². The Hall–Kier alpha value is -2.05. The molecular weight excluding hydrogens is 314 g/mol. The number of rotatable bonds is 3. The largest absolute Gasteiger partial charge is 0.391 e. The molecule has 1 aliphatic carbocycles. The maximum Gasteiger partial charge on any atom is 0.163 e. The van der Waals surface area contributed by atoms with E-state index >= 15 is 0 Å². The Kier molecular flexibility index (Phi) is 4.63. The van der Waals surface area contributed by atoms with Crippen LogP contribution in [0.2, 0.25) is 0 Å². The molecule has 0 spiro atoms. The molecule has 2 aliphatic rings. The molecule has 6 nitrogen and oxygen atoms in total. The van der Waals surface area contributed by atoms with Gasteiger partial charge in [0.25, 0.3) is 0 Å². The Labute approximate surface area is 148 Å². The van der Waals surface area contributed by atoms with Crippen LogP contribution >= 0.6 is 0 Å². The number of aryl methyl sites for hydroxylation is 1. The minimum atomic E-state index is -0.148. The van der Waals surface area contributed by atoms with Gasteiger partial charge in [-0.3, -0.25) is 9.88 Å². The van der Waals surface area contributed by atoms with Crippen molar-refractivity contribution in [1.29, 1.82) is 0 Å². The maximum atomic E-state index is 10.1. The van der Waals surface area contributed by atoms with Gasteiger partial charge in [0.15, 0.2) is 5.82 Å². The van der Waals surface area contributed by atoms with Gasteiger partial charge in [-0.25, -0.2) is 9.97 Å². The van der Waals surface area contributed by atoms with Gasteiger partial charge in [0.05, 0.1) is 6.10 Å². The molecule has 132 valence electrons. The fourth-order valence-corrected chi connectivity index (χ4v) is 3.97. The van der Waals surface area contributed by atoms with E-state index in [9.17, 15) is 5.11 Å². The zero-order chi connectivity index (χ0) is 17.2. The Balaban J connectivity index is 1.49. The lowest BCUT2D eigenvalue weighted by Gasteiger charge is -2.39. The molecule has 2 unspecified atom stereocenters. The number of anilines is 1. The first-order valence-corrected chi connectivity index (χ1v) is 9.14. The van der Waals surface area contributed by atoms with Crippen LogP contribution in [0.4, 0.5) is 5.82 Å². The van der Waals surface area contributed by atoms with Gasteiger partial charge in [0, 0.05) is 61.9 Å². The van der Waals surface area contributed by atoms with Crippen LogP contribution in [0.25, 0.3) is 11.4 Å². The summed E-state index contributed by atoms with van der Waals surface area (Å²) in [5.41, 5.74) is 1.91. The quantitative estimate of drug-likeness (QED) is 0.921. The molecule has 1 saturated heterocycles. The Morgan fingerprint density at radius 3 is 2.64 bits per heavy atom. The van der Waals surface area contributed by atoms with Crippen molar-refractivity contribution in [3.63, 3.8) is 0 Å².